The number of nitrogens with zero attached hydrogens (tertiary/aromatic N) is 1. The lowest BCUT2D eigenvalue weighted by molar-refractivity contribution is -0.134. The lowest BCUT2D eigenvalue weighted by atomic mass is 9.94. The number of hydrogen-bond acceptors (Lipinski definition) is 5. The Morgan fingerprint density at radius 2 is 1.75 bits per heavy atom. The van der Waals surface area contributed by atoms with Crippen LogP contribution in [0.1, 0.15) is 40.7 Å². The van der Waals surface area contributed by atoms with Gasteiger partial charge in [-0.3, -0.25) is 14.4 Å². The predicted octanol–water partition coefficient (Wildman–Crippen LogP) is 4.61. The first-order valence-electron chi connectivity index (χ1n) is 13.4. The maximum Gasteiger partial charge on any atom is 0.257 e. The molecule has 9 heteroatoms. The fourth-order valence-corrected chi connectivity index (χ4v) is 5.30. The van der Waals surface area contributed by atoms with Gasteiger partial charge in [-0.2, -0.15) is 0 Å². The molecule has 0 saturated carbocycles. The molecule has 208 valence electrons. The van der Waals surface area contributed by atoms with E-state index in [2.05, 4.69) is 10.6 Å². The summed E-state index contributed by atoms with van der Waals surface area (Å²) >= 11 is 5.92. The molecule has 2 aliphatic rings. The van der Waals surface area contributed by atoms with Crippen LogP contribution < -0.4 is 15.4 Å². The van der Waals surface area contributed by atoms with Crippen molar-refractivity contribution in [3.05, 3.63) is 94.5 Å². The Bertz CT molecular complexity index is 1370. The van der Waals surface area contributed by atoms with Crippen LogP contribution in [0.2, 0.25) is 5.02 Å². The number of fused-ring (bicyclic) bond motifs is 2. The summed E-state index contributed by atoms with van der Waals surface area (Å²) in [6.07, 6.45) is 1.18. The average Bonchev–Trinajstić information content (AvgIpc) is 2.95. The normalized spacial score (nSPS) is 20.3. The summed E-state index contributed by atoms with van der Waals surface area (Å²) in [7, 11) is 1.76. The van der Waals surface area contributed by atoms with Crippen molar-refractivity contribution < 1.29 is 23.9 Å². The fourth-order valence-electron chi connectivity index (χ4n) is 5.17. The van der Waals surface area contributed by atoms with Gasteiger partial charge in [0.05, 0.1) is 30.6 Å². The maximum atomic E-state index is 13.5. The molecular formula is C31H32ClN3O5. The number of carbonyl (C=O) groups is 3. The van der Waals surface area contributed by atoms with Gasteiger partial charge in [-0.1, -0.05) is 54.1 Å². The van der Waals surface area contributed by atoms with Crippen LogP contribution in [0.4, 0.5) is 5.69 Å². The SMILES string of the molecule is CN1C(=O)c2cc(NC(=O)Cc3ccccc3)ccc2OC[C@@H]2O[C@@H](CC(=O)NCc3ccc(Cl)cc3)CC[C@H]21. The van der Waals surface area contributed by atoms with Crippen LogP contribution in [0.15, 0.2) is 72.8 Å². The first-order chi connectivity index (χ1) is 19.4. The first kappa shape index (κ1) is 27.7. The molecule has 2 aliphatic heterocycles. The summed E-state index contributed by atoms with van der Waals surface area (Å²) in [4.78, 5) is 40.3. The monoisotopic (exact) mass is 561 g/mol. The van der Waals surface area contributed by atoms with Gasteiger partial charge in [-0.15, -0.1) is 0 Å². The number of anilines is 1. The van der Waals surface area contributed by atoms with E-state index in [1.807, 2.05) is 42.5 Å². The zero-order chi connectivity index (χ0) is 28.1. The first-order valence-corrected chi connectivity index (χ1v) is 13.8. The molecule has 3 aromatic carbocycles. The summed E-state index contributed by atoms with van der Waals surface area (Å²) < 4.78 is 12.3. The van der Waals surface area contributed by atoms with Gasteiger partial charge in [-0.05, 0) is 54.3 Å². The fraction of sp³-hybridized carbons (Fsp3) is 0.323. The van der Waals surface area contributed by atoms with Crippen molar-refractivity contribution in [2.45, 2.75) is 50.5 Å². The Balaban J connectivity index is 1.19. The van der Waals surface area contributed by atoms with E-state index in [-0.39, 0.29) is 55.4 Å². The molecule has 3 amide bonds. The van der Waals surface area contributed by atoms with Gasteiger partial charge in [0.2, 0.25) is 11.8 Å². The maximum absolute atomic E-state index is 13.5. The van der Waals surface area contributed by atoms with Crippen molar-refractivity contribution >= 4 is 35.0 Å². The number of ether oxygens (including phenoxy) is 2. The third kappa shape index (κ3) is 6.81. The van der Waals surface area contributed by atoms with Crippen molar-refractivity contribution in [1.82, 2.24) is 10.2 Å². The molecule has 0 aliphatic carbocycles. The highest BCUT2D eigenvalue weighted by Crippen LogP contribution is 2.32. The van der Waals surface area contributed by atoms with Gasteiger partial charge in [0.1, 0.15) is 18.5 Å². The lowest BCUT2D eigenvalue weighted by Gasteiger charge is -2.42. The van der Waals surface area contributed by atoms with Gasteiger partial charge < -0.3 is 25.0 Å². The lowest BCUT2D eigenvalue weighted by Crippen LogP contribution is -2.53. The number of amides is 3. The van der Waals surface area contributed by atoms with Gasteiger partial charge in [0.15, 0.2) is 0 Å². The third-order valence-electron chi connectivity index (χ3n) is 7.32. The highest BCUT2D eigenvalue weighted by molar-refractivity contribution is 6.30. The second-order valence-electron chi connectivity index (χ2n) is 10.2. The van der Waals surface area contributed by atoms with Crippen LogP contribution in [-0.2, 0) is 27.3 Å². The second kappa shape index (κ2) is 12.5. The number of rotatable bonds is 7. The van der Waals surface area contributed by atoms with Crippen LogP contribution in [0.25, 0.3) is 0 Å². The standard InChI is InChI=1S/C31H32ClN3O5/c1-35-26-13-12-24(17-29(36)33-18-21-7-9-22(32)10-8-21)40-28(26)19-39-27-14-11-23(16-25(27)31(35)38)34-30(37)15-20-5-3-2-4-6-20/h2-11,14,16,24,26,28H,12-13,15,17-19H2,1H3,(H,33,36)(H,34,37)/t24-,26-,28+/m1/s1. The average molecular weight is 562 g/mol. The topological polar surface area (TPSA) is 97.0 Å². The van der Waals surface area contributed by atoms with E-state index in [4.69, 9.17) is 21.1 Å². The summed E-state index contributed by atoms with van der Waals surface area (Å²) in [6, 6.07) is 21.7. The van der Waals surface area contributed by atoms with Crippen LogP contribution in [0.3, 0.4) is 0 Å². The number of nitrogens with one attached hydrogen (secondary N) is 2. The molecule has 2 heterocycles. The van der Waals surface area contributed by atoms with Crippen molar-refractivity contribution in [3.8, 4) is 5.75 Å². The van der Waals surface area contributed by atoms with Crippen LogP contribution >= 0.6 is 11.6 Å². The molecule has 0 aromatic heterocycles. The molecule has 0 radical (unpaired) electrons. The van der Waals surface area contributed by atoms with Crippen LogP contribution in [0, 0.1) is 0 Å². The van der Waals surface area contributed by atoms with Gasteiger partial charge in [-0.25, -0.2) is 0 Å². The second-order valence-corrected chi connectivity index (χ2v) is 10.6. The minimum absolute atomic E-state index is 0.0956. The smallest absolute Gasteiger partial charge is 0.257 e. The zero-order valence-electron chi connectivity index (χ0n) is 22.3. The number of benzene rings is 3. The van der Waals surface area contributed by atoms with Crippen LogP contribution in [0.5, 0.6) is 5.75 Å². The van der Waals surface area contributed by atoms with Crippen molar-refractivity contribution in [1.29, 1.82) is 0 Å². The molecule has 2 N–H and O–H groups in total. The summed E-state index contributed by atoms with van der Waals surface area (Å²) in [5.74, 6) is -0.0288. The quantitative estimate of drug-likeness (QED) is 0.439. The highest BCUT2D eigenvalue weighted by atomic mass is 35.5. The predicted molar refractivity (Wildman–Crippen MR) is 152 cm³/mol. The summed E-state index contributed by atoms with van der Waals surface area (Å²) in [5, 5.41) is 6.47. The Hall–Kier alpha value is -3.88. The minimum atomic E-state index is -0.366. The van der Waals surface area contributed by atoms with Crippen molar-refractivity contribution in [2.75, 3.05) is 19.0 Å². The largest absolute Gasteiger partial charge is 0.490 e. The minimum Gasteiger partial charge on any atom is -0.490 e. The number of hydrogen-bond donors (Lipinski definition) is 2. The van der Waals surface area contributed by atoms with Crippen LogP contribution in [-0.4, -0.2) is 54.5 Å². The molecule has 0 spiro atoms. The molecule has 8 nitrogen and oxygen atoms in total. The van der Waals surface area contributed by atoms with Gasteiger partial charge >= 0.3 is 0 Å². The number of carbonyl (C=O) groups excluding carboxylic acids is 3. The summed E-state index contributed by atoms with van der Waals surface area (Å²) in [6.45, 7) is 0.665. The molecule has 40 heavy (non-hydrogen) atoms. The van der Waals surface area contributed by atoms with Gasteiger partial charge in [0.25, 0.3) is 5.91 Å². The van der Waals surface area contributed by atoms with E-state index >= 15 is 0 Å². The Morgan fingerprint density at radius 1 is 0.975 bits per heavy atom. The van der Waals surface area contributed by atoms with E-state index in [1.54, 1.807) is 42.3 Å². The van der Waals surface area contributed by atoms with E-state index in [0.29, 0.717) is 41.4 Å². The third-order valence-corrected chi connectivity index (χ3v) is 7.57. The Labute approximate surface area is 238 Å². The van der Waals surface area contributed by atoms with E-state index in [9.17, 15) is 14.4 Å². The number of likely N-dealkylation sites (N-methyl/N-ethyl adjacent to an activating group) is 1. The molecule has 0 unspecified atom stereocenters. The van der Waals surface area contributed by atoms with Crippen molar-refractivity contribution in [2.24, 2.45) is 0 Å². The molecule has 1 fully saturated rings. The molecule has 5 rings (SSSR count). The highest BCUT2D eigenvalue weighted by Gasteiger charge is 2.39. The molecule has 3 aromatic rings. The van der Waals surface area contributed by atoms with Gasteiger partial charge in [0, 0.05) is 24.3 Å². The number of halogens is 1. The molecule has 0 bridgehead atoms. The zero-order valence-corrected chi connectivity index (χ0v) is 23.0. The Kier molecular flexibility index (Phi) is 8.67. The van der Waals surface area contributed by atoms with E-state index in [0.717, 1.165) is 11.1 Å². The van der Waals surface area contributed by atoms with E-state index < -0.39 is 0 Å². The van der Waals surface area contributed by atoms with E-state index in [1.165, 1.54) is 0 Å². The molecule has 1 saturated heterocycles. The van der Waals surface area contributed by atoms with Crippen molar-refractivity contribution in [3.63, 3.8) is 0 Å². The summed E-state index contributed by atoms with van der Waals surface area (Å²) in [5.41, 5.74) is 2.80. The molecular weight excluding hydrogens is 530 g/mol. The molecule has 3 atom stereocenters. The Morgan fingerprint density at radius 3 is 2.52 bits per heavy atom.